The van der Waals surface area contributed by atoms with Crippen LogP contribution in [0.2, 0.25) is 0 Å². The first kappa shape index (κ1) is 13.5. The highest BCUT2D eigenvalue weighted by Crippen LogP contribution is 2.32. The summed E-state index contributed by atoms with van der Waals surface area (Å²) >= 11 is 6.03. The molecule has 1 saturated carbocycles. The quantitative estimate of drug-likeness (QED) is 0.743. The predicted octanol–water partition coefficient (Wildman–Crippen LogP) is 3.25. The molecule has 0 saturated heterocycles. The van der Waals surface area contributed by atoms with Crippen molar-refractivity contribution in [2.45, 2.75) is 37.4 Å². The third-order valence-electron chi connectivity index (χ3n) is 3.04. The summed E-state index contributed by atoms with van der Waals surface area (Å²) in [4.78, 5) is 0. The second-order valence-corrected chi connectivity index (χ2v) is 4.99. The van der Waals surface area contributed by atoms with Crippen LogP contribution in [0.3, 0.4) is 0 Å². The van der Waals surface area contributed by atoms with Crippen LogP contribution >= 0.6 is 11.6 Å². The summed E-state index contributed by atoms with van der Waals surface area (Å²) in [6.45, 7) is 2.82. The van der Waals surface area contributed by atoms with Crippen molar-refractivity contribution in [2.24, 2.45) is 0 Å². The van der Waals surface area contributed by atoms with Crippen molar-refractivity contribution >= 4 is 11.6 Å². The van der Waals surface area contributed by atoms with E-state index < -0.39 is 0 Å². The first-order valence-electron chi connectivity index (χ1n) is 6.31. The highest BCUT2D eigenvalue weighted by Gasteiger charge is 2.42. The van der Waals surface area contributed by atoms with Crippen molar-refractivity contribution in [3.05, 3.63) is 24.3 Å². The molecular formula is C14H19ClO3. The van der Waals surface area contributed by atoms with Gasteiger partial charge in [-0.1, -0.05) is 6.92 Å². The van der Waals surface area contributed by atoms with Crippen molar-refractivity contribution in [1.82, 2.24) is 0 Å². The molecule has 0 bridgehead atoms. The summed E-state index contributed by atoms with van der Waals surface area (Å²) in [7, 11) is 1.66. The maximum Gasteiger partial charge on any atom is 0.128 e. The Labute approximate surface area is 113 Å². The van der Waals surface area contributed by atoms with Crippen LogP contribution < -0.4 is 9.47 Å². The maximum atomic E-state index is 6.03. The van der Waals surface area contributed by atoms with E-state index in [4.69, 9.17) is 25.8 Å². The van der Waals surface area contributed by atoms with Gasteiger partial charge in [-0.2, -0.15) is 0 Å². The standard InChI is InChI=1S/C14H19ClO3/c1-3-8-17-10-4-6-11(7-5-10)18-13-9-12(15)14(13)16-2/h4-7,12-14H,3,8-9H2,1-2H3. The Bertz CT molecular complexity index is 366. The Morgan fingerprint density at radius 2 is 1.89 bits per heavy atom. The first-order chi connectivity index (χ1) is 8.74. The van der Waals surface area contributed by atoms with Crippen molar-refractivity contribution in [3.63, 3.8) is 0 Å². The second kappa shape index (κ2) is 6.30. The zero-order valence-electron chi connectivity index (χ0n) is 10.8. The number of methoxy groups -OCH3 is 1. The lowest BCUT2D eigenvalue weighted by molar-refractivity contribution is -0.0583. The van der Waals surface area contributed by atoms with Crippen LogP contribution in [0.15, 0.2) is 24.3 Å². The lowest BCUT2D eigenvalue weighted by Crippen LogP contribution is -2.52. The summed E-state index contributed by atoms with van der Waals surface area (Å²) in [6, 6.07) is 7.67. The minimum atomic E-state index is -0.0114. The van der Waals surface area contributed by atoms with Gasteiger partial charge in [0.2, 0.25) is 0 Å². The average molecular weight is 271 g/mol. The summed E-state index contributed by atoms with van der Waals surface area (Å²) in [5, 5.41) is 0.0622. The Hall–Kier alpha value is -0.930. The SMILES string of the molecule is CCCOc1ccc(OC2CC(Cl)C2OC)cc1. The molecule has 100 valence electrons. The van der Waals surface area contributed by atoms with E-state index in [1.54, 1.807) is 7.11 Å². The number of benzene rings is 1. The largest absolute Gasteiger partial charge is 0.494 e. The minimum Gasteiger partial charge on any atom is -0.494 e. The molecule has 1 aliphatic carbocycles. The van der Waals surface area contributed by atoms with E-state index in [-0.39, 0.29) is 17.6 Å². The molecule has 1 aliphatic rings. The molecule has 0 aromatic heterocycles. The number of rotatable bonds is 6. The Balaban J connectivity index is 1.86. The molecule has 4 heteroatoms. The topological polar surface area (TPSA) is 27.7 Å². The van der Waals surface area contributed by atoms with Crippen LogP contribution in [0.25, 0.3) is 0 Å². The number of halogens is 1. The molecule has 0 radical (unpaired) electrons. The van der Waals surface area contributed by atoms with Crippen molar-refractivity contribution < 1.29 is 14.2 Å². The molecule has 1 aromatic carbocycles. The van der Waals surface area contributed by atoms with Gasteiger partial charge in [0.15, 0.2) is 0 Å². The third-order valence-corrected chi connectivity index (χ3v) is 3.46. The Kier molecular flexibility index (Phi) is 4.72. The predicted molar refractivity (Wildman–Crippen MR) is 71.7 cm³/mol. The van der Waals surface area contributed by atoms with Gasteiger partial charge >= 0.3 is 0 Å². The number of alkyl halides is 1. The molecule has 3 atom stereocenters. The maximum absolute atomic E-state index is 6.03. The van der Waals surface area contributed by atoms with E-state index in [1.807, 2.05) is 24.3 Å². The van der Waals surface area contributed by atoms with Crippen LogP contribution in [0.5, 0.6) is 11.5 Å². The van der Waals surface area contributed by atoms with E-state index in [1.165, 1.54) is 0 Å². The lowest BCUT2D eigenvalue weighted by Gasteiger charge is -2.39. The van der Waals surface area contributed by atoms with Gasteiger partial charge in [-0.25, -0.2) is 0 Å². The van der Waals surface area contributed by atoms with Crippen molar-refractivity contribution in [1.29, 1.82) is 0 Å². The zero-order chi connectivity index (χ0) is 13.0. The molecule has 1 fully saturated rings. The molecule has 0 spiro atoms. The normalized spacial score (nSPS) is 26.5. The fourth-order valence-corrected chi connectivity index (χ4v) is 2.39. The van der Waals surface area contributed by atoms with Crippen LogP contribution in [-0.2, 0) is 4.74 Å². The van der Waals surface area contributed by atoms with E-state index >= 15 is 0 Å². The number of ether oxygens (including phenoxy) is 3. The van der Waals surface area contributed by atoms with Crippen LogP contribution in [-0.4, -0.2) is 31.3 Å². The summed E-state index contributed by atoms with van der Waals surface area (Å²) in [5.74, 6) is 1.70. The molecule has 1 aromatic rings. The second-order valence-electron chi connectivity index (χ2n) is 4.43. The van der Waals surface area contributed by atoms with Gasteiger partial charge in [0, 0.05) is 13.5 Å². The van der Waals surface area contributed by atoms with E-state index in [2.05, 4.69) is 6.92 Å². The molecule has 0 aliphatic heterocycles. The average Bonchev–Trinajstić information content (AvgIpc) is 2.37. The monoisotopic (exact) mass is 270 g/mol. The zero-order valence-corrected chi connectivity index (χ0v) is 11.5. The van der Waals surface area contributed by atoms with Gasteiger partial charge in [-0.05, 0) is 30.7 Å². The molecular weight excluding hydrogens is 252 g/mol. The van der Waals surface area contributed by atoms with Gasteiger partial charge in [-0.15, -0.1) is 11.6 Å². The molecule has 2 rings (SSSR count). The van der Waals surface area contributed by atoms with Crippen LogP contribution in [0.4, 0.5) is 0 Å². The van der Waals surface area contributed by atoms with Gasteiger partial charge < -0.3 is 14.2 Å². The van der Waals surface area contributed by atoms with Gasteiger partial charge in [0.05, 0.1) is 12.0 Å². The molecule has 18 heavy (non-hydrogen) atoms. The molecule has 0 heterocycles. The first-order valence-corrected chi connectivity index (χ1v) is 6.74. The third kappa shape index (κ3) is 3.09. The Morgan fingerprint density at radius 3 is 2.44 bits per heavy atom. The van der Waals surface area contributed by atoms with Gasteiger partial charge in [0.1, 0.15) is 23.7 Å². The summed E-state index contributed by atoms with van der Waals surface area (Å²) in [5.41, 5.74) is 0. The highest BCUT2D eigenvalue weighted by atomic mass is 35.5. The number of hydrogen-bond acceptors (Lipinski definition) is 3. The van der Waals surface area contributed by atoms with Crippen LogP contribution in [0.1, 0.15) is 19.8 Å². The minimum absolute atomic E-state index is 0.0114. The highest BCUT2D eigenvalue weighted by molar-refractivity contribution is 6.21. The van der Waals surface area contributed by atoms with E-state index in [0.29, 0.717) is 0 Å². The molecule has 3 nitrogen and oxygen atoms in total. The smallest absolute Gasteiger partial charge is 0.128 e. The van der Waals surface area contributed by atoms with Gasteiger partial charge in [0.25, 0.3) is 0 Å². The van der Waals surface area contributed by atoms with E-state index in [0.717, 1.165) is 30.9 Å². The molecule has 0 amide bonds. The fraction of sp³-hybridized carbons (Fsp3) is 0.571. The van der Waals surface area contributed by atoms with Crippen molar-refractivity contribution in [2.75, 3.05) is 13.7 Å². The van der Waals surface area contributed by atoms with Crippen LogP contribution in [0, 0.1) is 0 Å². The molecule has 3 unspecified atom stereocenters. The van der Waals surface area contributed by atoms with Crippen molar-refractivity contribution in [3.8, 4) is 11.5 Å². The Morgan fingerprint density at radius 1 is 1.22 bits per heavy atom. The summed E-state index contributed by atoms with van der Waals surface area (Å²) < 4.78 is 16.6. The lowest BCUT2D eigenvalue weighted by atomic mass is 9.91. The van der Waals surface area contributed by atoms with E-state index in [9.17, 15) is 0 Å². The summed E-state index contributed by atoms with van der Waals surface area (Å²) in [6.07, 6.45) is 1.88. The molecule has 0 N–H and O–H groups in total. The van der Waals surface area contributed by atoms with Gasteiger partial charge in [-0.3, -0.25) is 0 Å². The fourth-order valence-electron chi connectivity index (χ4n) is 1.95. The number of hydrogen-bond donors (Lipinski definition) is 0.